The molecule has 4 rings (SSSR count). The lowest BCUT2D eigenvalue weighted by molar-refractivity contribution is 0.0194. The lowest BCUT2D eigenvalue weighted by Crippen LogP contribution is -2.43. The maximum atomic E-state index is 13.5. The van der Waals surface area contributed by atoms with Crippen LogP contribution in [-0.2, 0) is 14.8 Å². The maximum absolute atomic E-state index is 13.5. The van der Waals surface area contributed by atoms with E-state index in [4.69, 9.17) is 14.2 Å². The van der Waals surface area contributed by atoms with E-state index in [2.05, 4.69) is 19.9 Å². The summed E-state index contributed by atoms with van der Waals surface area (Å²) in [6, 6.07) is 7.20. The minimum absolute atomic E-state index is 0.0135. The quantitative estimate of drug-likeness (QED) is 0.448. The average Bonchev–Trinajstić information content (AvgIpc) is 3.22. The molecule has 1 aliphatic carbocycles. The second kappa shape index (κ2) is 10.2. The molecule has 11 heteroatoms. The van der Waals surface area contributed by atoms with Crippen molar-refractivity contribution in [1.82, 2.24) is 19.7 Å². The van der Waals surface area contributed by atoms with Crippen LogP contribution in [0.1, 0.15) is 31.7 Å². The highest BCUT2D eigenvalue weighted by molar-refractivity contribution is 7.93. The third kappa shape index (κ3) is 4.83. The summed E-state index contributed by atoms with van der Waals surface area (Å²) >= 11 is 0. The first-order valence-corrected chi connectivity index (χ1v) is 13.0. The molecule has 0 spiro atoms. The fourth-order valence-corrected chi connectivity index (χ4v) is 5.67. The first kappa shape index (κ1) is 24.9. The van der Waals surface area contributed by atoms with Crippen molar-refractivity contribution >= 4 is 16.0 Å². The van der Waals surface area contributed by atoms with Crippen LogP contribution in [0.4, 0.5) is 5.95 Å². The lowest BCUT2D eigenvalue weighted by atomic mass is 9.80. The Kier molecular flexibility index (Phi) is 7.27. The van der Waals surface area contributed by atoms with E-state index in [0.29, 0.717) is 28.6 Å². The van der Waals surface area contributed by atoms with Gasteiger partial charge in [-0.3, -0.25) is 14.3 Å². The first-order valence-electron chi connectivity index (χ1n) is 11.4. The number of sulfonamides is 1. The molecule has 2 aromatic heterocycles. The van der Waals surface area contributed by atoms with Gasteiger partial charge in [0.2, 0.25) is 16.0 Å². The van der Waals surface area contributed by atoms with Gasteiger partial charge >= 0.3 is 0 Å². The van der Waals surface area contributed by atoms with Gasteiger partial charge in [-0.25, -0.2) is 8.42 Å². The van der Waals surface area contributed by atoms with Gasteiger partial charge < -0.3 is 14.2 Å². The Labute approximate surface area is 205 Å². The van der Waals surface area contributed by atoms with Crippen molar-refractivity contribution in [1.29, 1.82) is 0 Å². The van der Waals surface area contributed by atoms with Crippen molar-refractivity contribution in [3.63, 3.8) is 0 Å². The summed E-state index contributed by atoms with van der Waals surface area (Å²) in [5, 5.41) is 7.75. The zero-order valence-corrected chi connectivity index (χ0v) is 21.4. The molecule has 0 unspecified atom stereocenters. The smallest absolute Gasteiger partial charge is 0.243 e. The third-order valence-corrected chi connectivity index (χ3v) is 8.21. The van der Waals surface area contributed by atoms with Crippen LogP contribution in [-0.4, -0.2) is 60.8 Å². The maximum Gasteiger partial charge on any atom is 0.243 e. The van der Waals surface area contributed by atoms with Gasteiger partial charge in [-0.2, -0.15) is 0 Å². The number of hydrogen-bond acceptors (Lipinski definition) is 8. The Morgan fingerprint density at radius 3 is 2.31 bits per heavy atom. The van der Waals surface area contributed by atoms with E-state index in [1.54, 1.807) is 49.2 Å². The standard InChI is InChI=1S/C24H31N5O5S/c1-15-12-18(14-25-13-15)23-26-27-24(29(23)21-19(32-3)10-7-11-20(21)33-4)28-35(30,31)16(2)22(34-5)17-8-6-9-17/h7,10-14,16-17,22H,6,8-9H2,1-5H3,(H,27,28)/t16-,22-/m0/s1. The van der Waals surface area contributed by atoms with Crippen LogP contribution in [0.2, 0.25) is 0 Å². The molecule has 0 bridgehead atoms. The zero-order valence-electron chi connectivity index (χ0n) is 20.6. The second-order valence-corrected chi connectivity index (χ2v) is 10.7. The van der Waals surface area contributed by atoms with Gasteiger partial charge in [0.1, 0.15) is 22.4 Å². The van der Waals surface area contributed by atoms with Crippen molar-refractivity contribution in [2.45, 2.75) is 44.5 Å². The minimum Gasteiger partial charge on any atom is -0.494 e. The zero-order chi connectivity index (χ0) is 25.2. The molecule has 1 aromatic carbocycles. The van der Waals surface area contributed by atoms with E-state index in [-0.39, 0.29) is 11.9 Å². The number of ether oxygens (including phenoxy) is 3. The van der Waals surface area contributed by atoms with Crippen LogP contribution in [0.15, 0.2) is 36.7 Å². The number of nitrogens with zero attached hydrogens (tertiary/aromatic N) is 4. The van der Waals surface area contributed by atoms with E-state index in [9.17, 15) is 8.42 Å². The monoisotopic (exact) mass is 501 g/mol. The lowest BCUT2D eigenvalue weighted by Gasteiger charge is -2.35. The van der Waals surface area contributed by atoms with Crippen molar-refractivity contribution in [3.8, 4) is 28.6 Å². The summed E-state index contributed by atoms with van der Waals surface area (Å²) in [4.78, 5) is 4.26. The summed E-state index contributed by atoms with van der Waals surface area (Å²) in [5.74, 6) is 1.54. The molecular formula is C24H31N5O5S. The molecule has 0 radical (unpaired) electrons. The SMILES string of the molecule is COc1cccc(OC)c1-n1c(NS(=O)(=O)[C@@H](C)[C@H](OC)C2CCC2)nnc1-c1cncc(C)c1. The Morgan fingerprint density at radius 1 is 1.09 bits per heavy atom. The van der Waals surface area contributed by atoms with Crippen LogP contribution >= 0.6 is 0 Å². The van der Waals surface area contributed by atoms with Crippen LogP contribution in [0, 0.1) is 12.8 Å². The van der Waals surface area contributed by atoms with Crippen LogP contribution in [0.3, 0.4) is 0 Å². The number of methoxy groups -OCH3 is 3. The number of anilines is 1. The van der Waals surface area contributed by atoms with Gasteiger partial charge in [-0.1, -0.05) is 12.5 Å². The Balaban J connectivity index is 1.85. The molecule has 1 aliphatic rings. The highest BCUT2D eigenvalue weighted by Crippen LogP contribution is 2.38. The molecule has 3 aromatic rings. The molecule has 0 saturated heterocycles. The summed E-state index contributed by atoms with van der Waals surface area (Å²) in [6.45, 7) is 3.57. The van der Waals surface area contributed by atoms with Gasteiger partial charge in [-0.15, -0.1) is 10.2 Å². The van der Waals surface area contributed by atoms with Crippen molar-refractivity contribution in [2.24, 2.45) is 5.92 Å². The highest BCUT2D eigenvalue weighted by atomic mass is 32.2. The molecule has 1 fully saturated rings. The molecule has 188 valence electrons. The van der Waals surface area contributed by atoms with E-state index in [1.807, 2.05) is 13.0 Å². The van der Waals surface area contributed by atoms with Gasteiger partial charge in [0.25, 0.3) is 0 Å². The predicted molar refractivity (Wildman–Crippen MR) is 133 cm³/mol. The van der Waals surface area contributed by atoms with Gasteiger partial charge in [-0.05, 0) is 56.4 Å². The van der Waals surface area contributed by atoms with Crippen LogP contribution < -0.4 is 14.2 Å². The molecular weight excluding hydrogens is 470 g/mol. The van der Waals surface area contributed by atoms with Crippen molar-refractivity contribution < 1.29 is 22.6 Å². The summed E-state index contributed by atoms with van der Waals surface area (Å²) in [7, 11) is 0.731. The first-order chi connectivity index (χ1) is 16.8. The number of pyridine rings is 1. The number of hydrogen-bond donors (Lipinski definition) is 1. The molecule has 2 heterocycles. The van der Waals surface area contributed by atoms with E-state index >= 15 is 0 Å². The number of aromatic nitrogens is 4. The summed E-state index contributed by atoms with van der Waals surface area (Å²) < 4.78 is 48.0. The fourth-order valence-electron chi connectivity index (χ4n) is 4.41. The van der Waals surface area contributed by atoms with Gasteiger partial charge in [0.15, 0.2) is 5.82 Å². The van der Waals surface area contributed by atoms with E-state index < -0.39 is 21.4 Å². The molecule has 0 amide bonds. The number of rotatable bonds is 10. The van der Waals surface area contributed by atoms with Crippen molar-refractivity contribution in [3.05, 3.63) is 42.2 Å². The highest BCUT2D eigenvalue weighted by Gasteiger charge is 2.39. The average molecular weight is 502 g/mol. The largest absolute Gasteiger partial charge is 0.494 e. The number of benzene rings is 1. The Morgan fingerprint density at radius 2 is 1.77 bits per heavy atom. The number of nitrogens with one attached hydrogen (secondary N) is 1. The molecule has 35 heavy (non-hydrogen) atoms. The third-order valence-electron chi connectivity index (χ3n) is 6.49. The second-order valence-electron chi connectivity index (χ2n) is 8.69. The number of aryl methyl sites for hydroxylation is 1. The van der Waals surface area contributed by atoms with E-state index in [1.165, 1.54) is 14.2 Å². The summed E-state index contributed by atoms with van der Waals surface area (Å²) in [5.41, 5.74) is 2.04. The van der Waals surface area contributed by atoms with Crippen molar-refractivity contribution in [2.75, 3.05) is 26.1 Å². The minimum atomic E-state index is -3.89. The van der Waals surface area contributed by atoms with Gasteiger partial charge in [0.05, 0.1) is 20.3 Å². The van der Waals surface area contributed by atoms with Crippen LogP contribution in [0.25, 0.3) is 17.1 Å². The molecule has 2 atom stereocenters. The fraction of sp³-hybridized carbons (Fsp3) is 0.458. The Hall–Kier alpha value is -3.18. The summed E-state index contributed by atoms with van der Waals surface area (Å²) in [6.07, 6.45) is 5.95. The molecule has 1 saturated carbocycles. The predicted octanol–water partition coefficient (Wildman–Crippen LogP) is 3.60. The van der Waals surface area contributed by atoms with E-state index in [0.717, 1.165) is 24.8 Å². The molecule has 10 nitrogen and oxygen atoms in total. The van der Waals surface area contributed by atoms with Gasteiger partial charge in [0, 0.05) is 25.1 Å². The molecule has 1 N–H and O–H groups in total. The molecule has 0 aliphatic heterocycles. The normalized spacial score (nSPS) is 15.8. The Bertz CT molecular complexity index is 1270. The number of para-hydroxylation sites is 1. The van der Waals surface area contributed by atoms with Crippen LogP contribution in [0.5, 0.6) is 11.5 Å². The topological polar surface area (TPSA) is 117 Å².